The average Bonchev–Trinajstić information content (AvgIpc) is 2.85. The lowest BCUT2D eigenvalue weighted by Crippen LogP contribution is -2.45. The molecular weight excluding hydrogens is 262 g/mol. The van der Waals surface area contributed by atoms with E-state index in [1.807, 2.05) is 18.2 Å². The van der Waals surface area contributed by atoms with Crippen LogP contribution in [0, 0.1) is 0 Å². The third-order valence-electron chi connectivity index (χ3n) is 3.94. The third kappa shape index (κ3) is 2.41. The second-order valence-corrected chi connectivity index (χ2v) is 7.20. The Morgan fingerprint density at radius 3 is 2.53 bits per heavy atom. The summed E-state index contributed by atoms with van der Waals surface area (Å²) >= 11 is 0. The maximum Gasteiger partial charge on any atom is 0.282 e. The zero-order chi connectivity index (χ0) is 13.5. The molecular formula is C13H19N3O2S. The molecule has 0 saturated carbocycles. The quantitative estimate of drug-likeness (QED) is 0.849. The van der Waals surface area contributed by atoms with Crippen LogP contribution in [-0.4, -0.2) is 42.7 Å². The average molecular weight is 281 g/mol. The maximum absolute atomic E-state index is 12.5. The minimum Gasteiger partial charge on any atom is -0.326 e. The summed E-state index contributed by atoms with van der Waals surface area (Å²) in [7, 11) is -3.35. The summed E-state index contributed by atoms with van der Waals surface area (Å²) in [5.41, 5.74) is 8.17. The van der Waals surface area contributed by atoms with Crippen molar-refractivity contribution in [3.8, 4) is 0 Å². The molecule has 0 amide bonds. The molecule has 1 aromatic rings. The van der Waals surface area contributed by atoms with Crippen molar-refractivity contribution in [2.24, 2.45) is 5.73 Å². The summed E-state index contributed by atoms with van der Waals surface area (Å²) in [4.78, 5) is 0. The number of hydrogen-bond acceptors (Lipinski definition) is 3. The van der Waals surface area contributed by atoms with Crippen LogP contribution >= 0.6 is 0 Å². The van der Waals surface area contributed by atoms with Crippen molar-refractivity contribution < 1.29 is 8.42 Å². The molecule has 2 N–H and O–H groups in total. The lowest BCUT2D eigenvalue weighted by Gasteiger charge is -2.31. The largest absolute Gasteiger partial charge is 0.326 e. The van der Waals surface area contributed by atoms with Crippen LogP contribution in [0.3, 0.4) is 0 Å². The van der Waals surface area contributed by atoms with E-state index in [9.17, 15) is 8.42 Å². The molecule has 0 aromatic heterocycles. The first-order chi connectivity index (χ1) is 9.07. The summed E-state index contributed by atoms with van der Waals surface area (Å²) in [5, 5.41) is 0. The molecule has 6 heteroatoms. The van der Waals surface area contributed by atoms with Crippen LogP contribution in [0.25, 0.3) is 0 Å². The van der Waals surface area contributed by atoms with Gasteiger partial charge in [0.05, 0.1) is 0 Å². The van der Waals surface area contributed by atoms with Crippen molar-refractivity contribution in [1.82, 2.24) is 8.61 Å². The number of fused-ring (bicyclic) bond motifs is 1. The Balaban J connectivity index is 1.81. The summed E-state index contributed by atoms with van der Waals surface area (Å²) in [5.74, 6) is 0. The van der Waals surface area contributed by atoms with Crippen LogP contribution in [0.15, 0.2) is 24.3 Å². The van der Waals surface area contributed by atoms with E-state index in [0.29, 0.717) is 26.2 Å². The number of benzene rings is 1. The molecule has 1 atom stereocenters. The Labute approximate surface area is 114 Å². The Morgan fingerprint density at radius 2 is 1.84 bits per heavy atom. The number of rotatable bonds is 2. The molecule has 2 heterocycles. The zero-order valence-corrected chi connectivity index (χ0v) is 11.6. The van der Waals surface area contributed by atoms with E-state index < -0.39 is 10.2 Å². The van der Waals surface area contributed by atoms with Gasteiger partial charge in [0.2, 0.25) is 0 Å². The topological polar surface area (TPSA) is 66.6 Å². The molecule has 1 saturated heterocycles. The van der Waals surface area contributed by atoms with Crippen molar-refractivity contribution in [2.75, 3.05) is 19.6 Å². The molecule has 0 aliphatic carbocycles. The van der Waals surface area contributed by atoms with Gasteiger partial charge in [-0.25, -0.2) is 0 Å². The van der Waals surface area contributed by atoms with E-state index in [4.69, 9.17) is 5.73 Å². The first kappa shape index (κ1) is 13.1. The second-order valence-electron chi connectivity index (χ2n) is 5.27. The molecule has 2 aliphatic rings. The highest BCUT2D eigenvalue weighted by Gasteiger charge is 2.35. The summed E-state index contributed by atoms with van der Waals surface area (Å²) < 4.78 is 28.2. The van der Waals surface area contributed by atoms with E-state index in [1.54, 1.807) is 4.31 Å². The minimum absolute atomic E-state index is 0.0214. The SMILES string of the molecule is NC1CCN(S(=O)(=O)N2CCc3ccccc3C2)C1. The van der Waals surface area contributed by atoms with Crippen molar-refractivity contribution in [2.45, 2.75) is 25.4 Å². The zero-order valence-electron chi connectivity index (χ0n) is 10.8. The van der Waals surface area contributed by atoms with Crippen molar-refractivity contribution in [3.05, 3.63) is 35.4 Å². The Morgan fingerprint density at radius 1 is 1.11 bits per heavy atom. The van der Waals surface area contributed by atoms with Crippen molar-refractivity contribution >= 4 is 10.2 Å². The van der Waals surface area contributed by atoms with Crippen LogP contribution in [0.1, 0.15) is 17.5 Å². The molecule has 1 fully saturated rings. The van der Waals surface area contributed by atoms with Gasteiger partial charge in [0.15, 0.2) is 0 Å². The highest BCUT2D eigenvalue weighted by atomic mass is 32.2. The van der Waals surface area contributed by atoms with Gasteiger partial charge in [-0.1, -0.05) is 24.3 Å². The molecule has 0 bridgehead atoms. The van der Waals surface area contributed by atoms with Gasteiger partial charge in [-0.15, -0.1) is 0 Å². The number of nitrogens with two attached hydrogens (primary N) is 1. The van der Waals surface area contributed by atoms with Crippen LogP contribution in [0.2, 0.25) is 0 Å². The number of hydrogen-bond donors (Lipinski definition) is 1. The molecule has 3 rings (SSSR count). The molecule has 2 aliphatic heterocycles. The predicted molar refractivity (Wildman–Crippen MR) is 73.6 cm³/mol. The van der Waals surface area contributed by atoms with Crippen LogP contribution < -0.4 is 5.73 Å². The van der Waals surface area contributed by atoms with Gasteiger partial charge in [-0.05, 0) is 24.0 Å². The summed E-state index contributed by atoms with van der Waals surface area (Å²) in [6, 6.07) is 8.02. The molecule has 19 heavy (non-hydrogen) atoms. The lowest BCUT2D eigenvalue weighted by molar-refractivity contribution is 0.344. The fourth-order valence-electron chi connectivity index (χ4n) is 2.79. The normalized spacial score (nSPS) is 25.4. The van der Waals surface area contributed by atoms with Gasteiger partial charge in [0.25, 0.3) is 10.2 Å². The highest BCUT2D eigenvalue weighted by Crippen LogP contribution is 2.24. The first-order valence-corrected chi connectivity index (χ1v) is 8.04. The molecule has 0 spiro atoms. The predicted octanol–water partition coefficient (Wildman–Crippen LogP) is 0.323. The van der Waals surface area contributed by atoms with Gasteiger partial charge in [0.1, 0.15) is 0 Å². The Hall–Kier alpha value is -0.950. The monoisotopic (exact) mass is 281 g/mol. The van der Waals surface area contributed by atoms with Crippen molar-refractivity contribution in [1.29, 1.82) is 0 Å². The van der Waals surface area contributed by atoms with E-state index in [2.05, 4.69) is 6.07 Å². The van der Waals surface area contributed by atoms with E-state index in [1.165, 1.54) is 9.87 Å². The highest BCUT2D eigenvalue weighted by molar-refractivity contribution is 7.86. The Kier molecular flexibility index (Phi) is 3.34. The molecule has 1 unspecified atom stereocenters. The first-order valence-electron chi connectivity index (χ1n) is 6.65. The fraction of sp³-hybridized carbons (Fsp3) is 0.538. The number of nitrogens with zero attached hydrogens (tertiary/aromatic N) is 2. The van der Waals surface area contributed by atoms with E-state index in [0.717, 1.165) is 18.4 Å². The third-order valence-corrected chi connectivity index (χ3v) is 5.88. The summed E-state index contributed by atoms with van der Waals surface area (Å²) in [6.45, 7) is 2.03. The van der Waals surface area contributed by atoms with Crippen molar-refractivity contribution in [3.63, 3.8) is 0 Å². The fourth-order valence-corrected chi connectivity index (χ4v) is 4.46. The van der Waals surface area contributed by atoms with E-state index >= 15 is 0 Å². The van der Waals surface area contributed by atoms with E-state index in [-0.39, 0.29) is 6.04 Å². The molecule has 0 radical (unpaired) electrons. The smallest absolute Gasteiger partial charge is 0.282 e. The van der Waals surface area contributed by atoms with Gasteiger partial charge >= 0.3 is 0 Å². The minimum atomic E-state index is -3.35. The molecule has 104 valence electrons. The van der Waals surface area contributed by atoms with Gasteiger partial charge in [0, 0.05) is 32.2 Å². The lowest BCUT2D eigenvalue weighted by atomic mass is 10.0. The molecule has 1 aromatic carbocycles. The molecule has 5 nitrogen and oxygen atoms in total. The van der Waals surface area contributed by atoms with Crippen LogP contribution in [-0.2, 0) is 23.2 Å². The van der Waals surface area contributed by atoms with Gasteiger partial charge in [-0.2, -0.15) is 17.0 Å². The van der Waals surface area contributed by atoms with Crippen LogP contribution in [0.5, 0.6) is 0 Å². The van der Waals surface area contributed by atoms with Gasteiger partial charge < -0.3 is 5.73 Å². The Bertz CT molecular complexity index is 573. The standard InChI is InChI=1S/C13H19N3O2S/c14-13-6-8-16(10-13)19(17,18)15-7-5-11-3-1-2-4-12(11)9-15/h1-4,13H,5-10,14H2. The summed E-state index contributed by atoms with van der Waals surface area (Å²) in [6.07, 6.45) is 1.54. The maximum atomic E-state index is 12.5. The van der Waals surface area contributed by atoms with Gasteiger partial charge in [-0.3, -0.25) is 0 Å². The van der Waals surface area contributed by atoms with Crippen LogP contribution in [0.4, 0.5) is 0 Å². The second kappa shape index (κ2) is 4.86.